The molecule has 5 unspecified atom stereocenters. The van der Waals surface area contributed by atoms with Gasteiger partial charge in [0, 0.05) is 104 Å². The monoisotopic (exact) mass is 1790 g/mol. The van der Waals surface area contributed by atoms with Gasteiger partial charge < -0.3 is 57.7 Å². The van der Waals surface area contributed by atoms with Gasteiger partial charge >= 0.3 is 0 Å². The summed E-state index contributed by atoms with van der Waals surface area (Å²) in [4.78, 5) is 30.0. The van der Waals surface area contributed by atoms with Crippen molar-refractivity contribution in [3.8, 4) is 45.6 Å². The number of carbonyl (C=O) groups excluding carboxylic acids is 1. The SMILES string of the molecule is COc1ccc(-c2ccc(C(=O)Nc3nccs3)cc2)cc1C1CCN(C2C[C@H]3CCC2C3)CC1.COc1ccc(C2CCN(CC3C[C@H]4CCC3C4)CC2)c(OC)c1.COc1ccc(Cl)cc1C1(F)CCN(C2CCCCCC2)CC1.COc1ccc(F)cc1C1(OC)CCN(C[C@@H]2C[C@H]3C=CC2C3)CC1.COc1ccccc1C1CCN(C2CCC(C)CC2)CC1. The average Bonchev–Trinajstić information content (AvgIpc) is 0.868. The Balaban J connectivity index is 0.000000119. The fourth-order valence-electron chi connectivity index (χ4n) is 25.7. The number of nitrogens with zero attached hydrogens (tertiary/aromatic N) is 6. The summed E-state index contributed by atoms with van der Waals surface area (Å²) >= 11 is 7.51. The van der Waals surface area contributed by atoms with Crippen molar-refractivity contribution >= 4 is 34.0 Å². The molecule has 6 aromatic carbocycles. The zero-order valence-corrected chi connectivity index (χ0v) is 79.8. The zero-order valence-electron chi connectivity index (χ0n) is 78.2. The Morgan fingerprint density at radius 2 is 1.07 bits per heavy atom. The van der Waals surface area contributed by atoms with E-state index in [0.29, 0.717) is 63.7 Å². The summed E-state index contributed by atoms with van der Waals surface area (Å²) in [7, 11) is 12.0. The van der Waals surface area contributed by atoms with Gasteiger partial charge in [0.25, 0.3) is 5.91 Å². The molecule has 1 N–H and O–H groups in total. The van der Waals surface area contributed by atoms with Crippen LogP contribution in [0.3, 0.4) is 0 Å². The molecular weight excluding hydrogens is 1640 g/mol. The molecule has 9 atom stereocenters. The van der Waals surface area contributed by atoms with E-state index in [4.69, 9.17) is 44.8 Å². The molecule has 0 radical (unpaired) electrons. The summed E-state index contributed by atoms with van der Waals surface area (Å²) in [5.41, 5.74) is 6.70. The third-order valence-electron chi connectivity index (χ3n) is 33.1. The first-order valence-electron chi connectivity index (χ1n) is 49.6. The molecule has 7 saturated carbocycles. The second-order valence-corrected chi connectivity index (χ2v) is 41.7. The minimum Gasteiger partial charge on any atom is -0.497 e. The number of amides is 1. The van der Waals surface area contributed by atoms with Gasteiger partial charge in [-0.25, -0.2) is 13.8 Å². The Labute approximate surface area is 773 Å². The van der Waals surface area contributed by atoms with Gasteiger partial charge in [0.15, 0.2) is 5.13 Å². The molecular formula is C109H148ClF2N7O8S. The van der Waals surface area contributed by atoms with Gasteiger partial charge in [-0.2, -0.15) is 0 Å². The van der Waals surface area contributed by atoms with Gasteiger partial charge in [-0.15, -0.1) is 11.3 Å². The van der Waals surface area contributed by atoms with Crippen LogP contribution in [0, 0.1) is 59.1 Å². The minimum absolute atomic E-state index is 0.135. The second kappa shape index (κ2) is 44.6. The fraction of sp³-hybridized carbons (Fsp3) is 0.615. The molecule has 6 bridgehead atoms. The van der Waals surface area contributed by atoms with E-state index in [1.54, 1.807) is 86.3 Å². The summed E-state index contributed by atoms with van der Waals surface area (Å²) in [6.45, 7) is 16.0. The highest BCUT2D eigenvalue weighted by Gasteiger charge is 2.47. The van der Waals surface area contributed by atoms with Crippen molar-refractivity contribution in [1.82, 2.24) is 29.5 Å². The number of allylic oxidation sites excluding steroid dienone is 2. The lowest BCUT2D eigenvalue weighted by molar-refractivity contribution is -0.0661. The maximum atomic E-state index is 15.6. The Morgan fingerprint density at radius 1 is 0.484 bits per heavy atom. The number of anilines is 1. The molecule has 6 heterocycles. The quantitative estimate of drug-likeness (QED) is 0.0511. The number of methoxy groups -OCH3 is 7. The molecule has 1 amide bonds. The van der Waals surface area contributed by atoms with Gasteiger partial charge in [0.05, 0.1) is 48.3 Å². The number of nitrogens with one attached hydrogen (secondary N) is 1. The van der Waals surface area contributed by atoms with Crippen molar-refractivity contribution in [3.63, 3.8) is 0 Å². The lowest BCUT2D eigenvalue weighted by atomic mass is 9.82. The summed E-state index contributed by atoms with van der Waals surface area (Å²) < 4.78 is 68.5. The number of benzene rings is 6. The number of carbonyl (C=O) groups is 1. The highest BCUT2D eigenvalue weighted by atomic mass is 35.5. The van der Waals surface area contributed by atoms with Crippen LogP contribution in [0.4, 0.5) is 13.9 Å². The van der Waals surface area contributed by atoms with Crippen LogP contribution in [-0.4, -0.2) is 182 Å². The predicted octanol–water partition coefficient (Wildman–Crippen LogP) is 24.5. The fourth-order valence-corrected chi connectivity index (χ4v) is 26.4. The molecule has 19 heteroatoms. The molecule has 15 nitrogen and oxygen atoms in total. The summed E-state index contributed by atoms with van der Waals surface area (Å²) in [5.74, 6) is 15.2. The number of fused-ring (bicyclic) bond motifs is 6. The van der Waals surface area contributed by atoms with Crippen LogP contribution >= 0.6 is 22.9 Å². The summed E-state index contributed by atoms with van der Waals surface area (Å²) in [6.07, 6.45) is 45.0. The molecule has 8 aliphatic carbocycles. The molecule has 20 rings (SSSR count). The maximum absolute atomic E-state index is 15.6. The van der Waals surface area contributed by atoms with E-state index >= 15 is 4.39 Å². The molecule has 5 saturated heterocycles. The first-order chi connectivity index (χ1) is 62.5. The van der Waals surface area contributed by atoms with Crippen LogP contribution in [0.15, 0.2) is 145 Å². The molecule has 1 aromatic heterocycles. The summed E-state index contributed by atoms with van der Waals surface area (Å²) in [5, 5.41) is 5.88. The van der Waals surface area contributed by atoms with Gasteiger partial charge in [-0.05, 0) is 365 Å². The van der Waals surface area contributed by atoms with Crippen molar-refractivity contribution in [3.05, 3.63) is 189 Å². The number of hydrogen-bond acceptors (Lipinski definition) is 15. The number of hydrogen-bond donors (Lipinski definition) is 1. The van der Waals surface area contributed by atoms with Crippen LogP contribution in [0.25, 0.3) is 11.1 Å². The van der Waals surface area contributed by atoms with Crippen LogP contribution in [0.5, 0.6) is 34.5 Å². The number of rotatable bonds is 22. The Hall–Kier alpha value is -7.13. The standard InChI is InChI=1S/C29H33N3O2S.C21H28FNO2.C21H31NO2.C19H27ClFNO.C19H29NO/c1-34-27-9-8-23(20-4-6-22(7-5-20)28(33)31-29-30-12-15-35-29)18-25(27)21-10-13-32(14-11-21)26-17-19-2-3-24(26)16-19;1-24-20-6-5-18(22)13-19(20)21(25-2)7-9-23(10-8-21)14-17-12-15-3-4-16(17)11-15;1-23-19-5-6-20(21(13-19)24-2)16-7-9-22(10-8-16)14-18-12-15-3-4-17(18)11-15;1-23-18-9-8-15(20)14-17(18)19(21)10-12-22(13-11-19)16-6-4-2-3-5-7-16;1-15-7-9-17(10-8-15)20-13-11-16(12-14-20)18-5-3-4-6-19(18)21-2/h4-9,12,15,18-19,21,24,26H,2-3,10-11,13-14,16-17H2,1H3,(H,30,31,33);3-6,13,15-17H,7-12,14H2,1-2H3;5-6,13,15-18H,3-4,7-12,14H2,1-2H3;8-9,14,16H,2-7,10-13H2,1H3;3-6,15-17H,7-14H2,1-2H3/t19-,24?,26?;15-,16?,17-;15-,17?,18?;;/m000../s1. The van der Waals surface area contributed by atoms with E-state index in [9.17, 15) is 9.18 Å². The number of aromatic nitrogens is 1. The van der Waals surface area contributed by atoms with E-state index in [-0.39, 0.29) is 11.7 Å². The van der Waals surface area contributed by atoms with Crippen molar-refractivity contribution in [2.24, 2.45) is 53.3 Å². The van der Waals surface area contributed by atoms with Gasteiger partial charge in [0.1, 0.15) is 46.0 Å². The largest absolute Gasteiger partial charge is 0.497 e. The van der Waals surface area contributed by atoms with Crippen molar-refractivity contribution in [1.29, 1.82) is 0 Å². The number of para-hydroxylation sites is 1. The van der Waals surface area contributed by atoms with Crippen LogP contribution in [0.1, 0.15) is 255 Å². The topological polar surface area (TPSA) is 123 Å². The first kappa shape index (κ1) is 94.1. The van der Waals surface area contributed by atoms with E-state index in [0.717, 1.165) is 144 Å². The molecule has 7 aromatic rings. The van der Waals surface area contributed by atoms with Crippen molar-refractivity contribution < 1.29 is 46.7 Å². The molecule has 694 valence electrons. The lowest BCUT2D eigenvalue weighted by Gasteiger charge is -2.42. The van der Waals surface area contributed by atoms with E-state index in [2.05, 4.69) is 108 Å². The zero-order chi connectivity index (χ0) is 88.7. The third-order valence-corrected chi connectivity index (χ3v) is 34.1. The highest BCUT2D eigenvalue weighted by Crippen LogP contribution is 2.53. The molecule has 0 spiro atoms. The highest BCUT2D eigenvalue weighted by molar-refractivity contribution is 7.13. The number of ether oxygens (including phenoxy) is 7. The second-order valence-electron chi connectivity index (χ2n) is 40.3. The smallest absolute Gasteiger partial charge is 0.257 e. The Kier molecular flexibility index (Phi) is 32.8. The number of halogens is 3. The van der Waals surface area contributed by atoms with Crippen molar-refractivity contribution in [2.45, 2.75) is 247 Å². The molecule has 13 aliphatic rings. The molecule has 5 aliphatic heterocycles. The number of alkyl halides is 1. The number of thiazole rings is 1. The van der Waals surface area contributed by atoms with Gasteiger partial charge in [0.2, 0.25) is 0 Å². The van der Waals surface area contributed by atoms with E-state index in [1.807, 2.05) is 35.7 Å². The van der Waals surface area contributed by atoms with E-state index < -0.39 is 11.3 Å². The normalized spacial score (nSPS) is 27.4. The Morgan fingerprint density at radius 3 is 1.68 bits per heavy atom. The minimum atomic E-state index is -1.32. The maximum Gasteiger partial charge on any atom is 0.257 e. The van der Waals surface area contributed by atoms with Crippen LogP contribution in [-0.2, 0) is 16.0 Å². The van der Waals surface area contributed by atoms with Crippen LogP contribution in [0.2, 0.25) is 5.02 Å². The molecule has 12 fully saturated rings. The lowest BCUT2D eigenvalue weighted by Crippen LogP contribution is -2.45. The first-order valence-corrected chi connectivity index (χ1v) is 50.8. The summed E-state index contributed by atoms with van der Waals surface area (Å²) in [6, 6.07) is 41.6. The Bertz CT molecular complexity index is 4670. The van der Waals surface area contributed by atoms with Crippen LogP contribution < -0.4 is 33.7 Å². The number of likely N-dealkylation sites (tertiary alicyclic amines) is 5. The predicted molar refractivity (Wildman–Crippen MR) is 515 cm³/mol. The van der Waals surface area contributed by atoms with Crippen molar-refractivity contribution in [2.75, 3.05) is 134 Å². The average molecular weight is 1790 g/mol. The van der Waals surface area contributed by atoms with E-state index in [1.165, 1.54) is 259 Å². The third kappa shape index (κ3) is 23.0. The molecule has 128 heavy (non-hydrogen) atoms. The van der Waals surface area contributed by atoms with Gasteiger partial charge in [-0.3, -0.25) is 10.1 Å². The number of piperidine rings is 5. The van der Waals surface area contributed by atoms with Gasteiger partial charge in [-0.1, -0.05) is 112 Å².